The van der Waals surface area contributed by atoms with Crippen LogP contribution >= 0.6 is 28.3 Å². The van der Waals surface area contributed by atoms with Gasteiger partial charge in [-0.2, -0.15) is 0 Å². The molecule has 0 atom stereocenters. The van der Waals surface area contributed by atoms with E-state index in [0.29, 0.717) is 6.54 Å². The molecular formula is C13H18BrClN2O2. The topological polar surface area (TPSA) is 50.4 Å². The van der Waals surface area contributed by atoms with Gasteiger partial charge in [-0.25, -0.2) is 0 Å². The molecule has 1 aliphatic rings. The Morgan fingerprint density at radius 2 is 2.21 bits per heavy atom. The molecule has 4 nitrogen and oxygen atoms in total. The van der Waals surface area contributed by atoms with Crippen molar-refractivity contribution in [2.75, 3.05) is 25.5 Å². The summed E-state index contributed by atoms with van der Waals surface area (Å²) < 4.78 is 5.97. The van der Waals surface area contributed by atoms with E-state index in [-0.39, 0.29) is 18.3 Å². The van der Waals surface area contributed by atoms with E-state index in [4.69, 9.17) is 4.74 Å². The van der Waals surface area contributed by atoms with E-state index >= 15 is 0 Å². The normalized spacial score (nSPS) is 13.6. The number of carbonyl (C=O) groups excluding carboxylic acids is 1. The SMILES string of the molecule is COc1ccc(Br)c(NC(=O)CNCC2CC2)c1.Cl. The van der Waals surface area contributed by atoms with E-state index in [0.717, 1.165) is 28.4 Å². The average Bonchev–Trinajstić information content (AvgIpc) is 3.16. The zero-order chi connectivity index (χ0) is 13.0. The fourth-order valence-corrected chi connectivity index (χ4v) is 1.98. The summed E-state index contributed by atoms with van der Waals surface area (Å²) in [7, 11) is 1.60. The van der Waals surface area contributed by atoms with Gasteiger partial charge in [0.25, 0.3) is 0 Å². The monoisotopic (exact) mass is 348 g/mol. The predicted octanol–water partition coefficient (Wildman–Crippen LogP) is 2.82. The molecule has 0 aliphatic heterocycles. The maximum absolute atomic E-state index is 11.7. The molecule has 1 amide bonds. The molecule has 0 spiro atoms. The summed E-state index contributed by atoms with van der Waals surface area (Å²) in [6.45, 7) is 1.28. The van der Waals surface area contributed by atoms with Crippen LogP contribution in [0.3, 0.4) is 0 Å². The van der Waals surface area contributed by atoms with Gasteiger partial charge in [-0.3, -0.25) is 4.79 Å². The Morgan fingerprint density at radius 1 is 1.47 bits per heavy atom. The minimum atomic E-state index is -0.0374. The molecule has 0 bridgehead atoms. The molecule has 1 aromatic rings. The quantitative estimate of drug-likeness (QED) is 0.830. The van der Waals surface area contributed by atoms with Crippen LogP contribution in [0.25, 0.3) is 0 Å². The van der Waals surface area contributed by atoms with E-state index < -0.39 is 0 Å². The number of carbonyl (C=O) groups is 1. The standard InChI is InChI=1S/C13H17BrN2O2.ClH/c1-18-10-4-5-11(14)12(6-10)16-13(17)8-15-7-9-2-3-9;/h4-6,9,15H,2-3,7-8H2,1H3,(H,16,17);1H. The molecule has 0 heterocycles. The lowest BCUT2D eigenvalue weighted by Crippen LogP contribution is -2.29. The van der Waals surface area contributed by atoms with Crippen molar-refractivity contribution in [3.8, 4) is 5.75 Å². The van der Waals surface area contributed by atoms with E-state index in [2.05, 4.69) is 26.6 Å². The Balaban J connectivity index is 0.00000180. The highest BCUT2D eigenvalue weighted by Crippen LogP contribution is 2.28. The van der Waals surface area contributed by atoms with Crippen molar-refractivity contribution in [2.24, 2.45) is 5.92 Å². The summed E-state index contributed by atoms with van der Waals surface area (Å²) in [5.41, 5.74) is 0.729. The molecule has 0 radical (unpaired) electrons. The van der Waals surface area contributed by atoms with Crippen LogP contribution < -0.4 is 15.4 Å². The fraction of sp³-hybridized carbons (Fsp3) is 0.462. The largest absolute Gasteiger partial charge is 0.497 e. The van der Waals surface area contributed by atoms with Gasteiger partial charge in [0.1, 0.15) is 5.75 Å². The van der Waals surface area contributed by atoms with Gasteiger partial charge in [0, 0.05) is 10.5 Å². The summed E-state index contributed by atoms with van der Waals surface area (Å²) >= 11 is 3.40. The molecule has 106 valence electrons. The van der Waals surface area contributed by atoms with Crippen molar-refractivity contribution >= 4 is 39.9 Å². The number of amides is 1. The summed E-state index contributed by atoms with van der Waals surface area (Å²) in [6, 6.07) is 5.49. The summed E-state index contributed by atoms with van der Waals surface area (Å²) in [6.07, 6.45) is 2.58. The third-order valence-electron chi connectivity index (χ3n) is 2.86. The van der Waals surface area contributed by atoms with Crippen LogP contribution in [0.2, 0.25) is 0 Å². The van der Waals surface area contributed by atoms with E-state index in [1.807, 2.05) is 12.1 Å². The third kappa shape index (κ3) is 5.38. The van der Waals surface area contributed by atoms with Crippen LogP contribution in [0.1, 0.15) is 12.8 Å². The lowest BCUT2D eigenvalue weighted by molar-refractivity contribution is -0.115. The van der Waals surface area contributed by atoms with Crippen LogP contribution in [-0.2, 0) is 4.79 Å². The first-order chi connectivity index (χ1) is 8.69. The smallest absolute Gasteiger partial charge is 0.238 e. The summed E-state index contributed by atoms with van der Waals surface area (Å²) in [5, 5.41) is 6.01. The number of nitrogens with one attached hydrogen (secondary N) is 2. The lowest BCUT2D eigenvalue weighted by atomic mass is 10.3. The number of halogens is 2. The first-order valence-corrected chi connectivity index (χ1v) is 6.82. The van der Waals surface area contributed by atoms with Gasteiger partial charge in [-0.05, 0) is 53.4 Å². The van der Waals surface area contributed by atoms with E-state index in [1.54, 1.807) is 13.2 Å². The van der Waals surface area contributed by atoms with Crippen molar-refractivity contribution in [3.63, 3.8) is 0 Å². The molecule has 0 unspecified atom stereocenters. The second-order valence-electron chi connectivity index (χ2n) is 4.47. The molecule has 0 saturated heterocycles. The number of anilines is 1. The third-order valence-corrected chi connectivity index (χ3v) is 3.55. The summed E-state index contributed by atoms with van der Waals surface area (Å²) in [4.78, 5) is 11.7. The zero-order valence-electron chi connectivity index (χ0n) is 10.7. The van der Waals surface area contributed by atoms with Crippen molar-refractivity contribution in [3.05, 3.63) is 22.7 Å². The Kier molecular flexibility index (Phi) is 6.62. The van der Waals surface area contributed by atoms with Crippen molar-refractivity contribution in [2.45, 2.75) is 12.8 Å². The van der Waals surface area contributed by atoms with Gasteiger partial charge >= 0.3 is 0 Å². The number of hydrogen-bond acceptors (Lipinski definition) is 3. The number of hydrogen-bond donors (Lipinski definition) is 2. The first-order valence-electron chi connectivity index (χ1n) is 6.03. The first kappa shape index (κ1) is 16.3. The molecular weight excluding hydrogens is 332 g/mol. The van der Waals surface area contributed by atoms with Gasteiger partial charge in [0.15, 0.2) is 0 Å². The Hall–Kier alpha value is -0.780. The second kappa shape index (κ2) is 7.72. The zero-order valence-corrected chi connectivity index (χ0v) is 13.1. The second-order valence-corrected chi connectivity index (χ2v) is 5.32. The lowest BCUT2D eigenvalue weighted by Gasteiger charge is -2.09. The molecule has 0 aromatic heterocycles. The van der Waals surface area contributed by atoms with Crippen LogP contribution in [-0.4, -0.2) is 26.1 Å². The summed E-state index contributed by atoms with van der Waals surface area (Å²) in [5.74, 6) is 1.46. The predicted molar refractivity (Wildman–Crippen MR) is 82.2 cm³/mol. The molecule has 2 N–H and O–H groups in total. The average molecular weight is 350 g/mol. The van der Waals surface area contributed by atoms with Gasteiger partial charge in [0.05, 0.1) is 19.3 Å². The number of rotatable bonds is 6. The highest BCUT2D eigenvalue weighted by molar-refractivity contribution is 9.10. The van der Waals surface area contributed by atoms with E-state index in [9.17, 15) is 4.79 Å². The molecule has 2 rings (SSSR count). The molecule has 1 saturated carbocycles. The van der Waals surface area contributed by atoms with Crippen molar-refractivity contribution in [1.82, 2.24) is 5.32 Å². The van der Waals surface area contributed by atoms with Gasteiger partial charge in [-0.1, -0.05) is 0 Å². The Bertz CT molecular complexity index is 439. The number of methoxy groups -OCH3 is 1. The molecule has 1 aliphatic carbocycles. The molecule has 6 heteroatoms. The van der Waals surface area contributed by atoms with Crippen LogP contribution in [0.4, 0.5) is 5.69 Å². The Labute approximate surface area is 127 Å². The molecule has 1 fully saturated rings. The van der Waals surface area contributed by atoms with Crippen LogP contribution in [0.15, 0.2) is 22.7 Å². The Morgan fingerprint density at radius 3 is 2.84 bits per heavy atom. The maximum atomic E-state index is 11.7. The minimum absolute atomic E-state index is 0. The van der Waals surface area contributed by atoms with Crippen molar-refractivity contribution < 1.29 is 9.53 Å². The molecule has 1 aromatic carbocycles. The minimum Gasteiger partial charge on any atom is -0.497 e. The maximum Gasteiger partial charge on any atom is 0.238 e. The van der Waals surface area contributed by atoms with E-state index in [1.165, 1.54) is 12.8 Å². The van der Waals surface area contributed by atoms with Gasteiger partial charge in [0.2, 0.25) is 5.91 Å². The highest BCUT2D eigenvalue weighted by Gasteiger charge is 2.20. The molecule has 19 heavy (non-hydrogen) atoms. The number of ether oxygens (including phenoxy) is 1. The highest BCUT2D eigenvalue weighted by atomic mass is 79.9. The van der Waals surface area contributed by atoms with Crippen molar-refractivity contribution in [1.29, 1.82) is 0 Å². The van der Waals surface area contributed by atoms with Crippen LogP contribution in [0, 0.1) is 5.92 Å². The number of benzene rings is 1. The fourth-order valence-electron chi connectivity index (χ4n) is 1.63. The van der Waals surface area contributed by atoms with Crippen LogP contribution in [0.5, 0.6) is 5.75 Å². The van der Waals surface area contributed by atoms with Gasteiger partial charge in [-0.15, -0.1) is 12.4 Å². The van der Waals surface area contributed by atoms with Gasteiger partial charge < -0.3 is 15.4 Å².